The number of amides is 1. The second kappa shape index (κ2) is 23.3. The lowest BCUT2D eigenvalue weighted by molar-refractivity contribution is -0.120. The molecule has 3 N–H and O–H groups in total. The normalized spacial score (nSPS) is 14.1. The maximum Gasteiger partial charge on any atom is 0.217 e. The maximum absolute atomic E-state index is 11.0. The van der Waals surface area contributed by atoms with E-state index in [9.17, 15) is 15.0 Å². The summed E-state index contributed by atoms with van der Waals surface area (Å²) in [5.41, 5.74) is 0. The quantitative estimate of drug-likeness (QED) is 0.145. The van der Waals surface area contributed by atoms with Crippen molar-refractivity contribution in [1.82, 2.24) is 5.32 Å². The summed E-state index contributed by atoms with van der Waals surface area (Å²) in [5, 5.41) is 21.6. The molecule has 0 radical (unpaired) electrons. The first-order valence-corrected chi connectivity index (χ1v) is 12.6. The summed E-state index contributed by atoms with van der Waals surface area (Å²) in [6.07, 6.45) is 30.7. The Labute approximate surface area is 191 Å². The van der Waals surface area contributed by atoms with Gasteiger partial charge in [-0.15, -0.1) is 0 Å². The lowest BCUT2D eigenvalue weighted by Crippen LogP contribution is -2.44. The monoisotopic (exact) mass is 435 g/mol. The van der Waals surface area contributed by atoms with Crippen molar-refractivity contribution in [3.8, 4) is 0 Å². The molecule has 0 aliphatic heterocycles. The lowest BCUT2D eigenvalue weighted by atomic mass is 10.1. The van der Waals surface area contributed by atoms with Gasteiger partial charge in [0.15, 0.2) is 0 Å². The summed E-state index contributed by atoms with van der Waals surface area (Å²) >= 11 is 0. The van der Waals surface area contributed by atoms with Crippen molar-refractivity contribution in [3.63, 3.8) is 0 Å². The van der Waals surface area contributed by atoms with Crippen molar-refractivity contribution in [3.05, 3.63) is 36.5 Å². The molecule has 0 bridgehead atoms. The Kier molecular flexibility index (Phi) is 22.2. The second-order valence-electron chi connectivity index (χ2n) is 8.48. The Morgan fingerprint density at radius 2 is 1.19 bits per heavy atom. The molecule has 0 spiro atoms. The Hall–Kier alpha value is -1.39. The van der Waals surface area contributed by atoms with Crippen LogP contribution in [0.3, 0.4) is 0 Å². The van der Waals surface area contributed by atoms with Crippen LogP contribution in [-0.4, -0.2) is 34.9 Å². The number of allylic oxidation sites excluding steroid dienone is 5. The molecule has 0 aliphatic carbocycles. The van der Waals surface area contributed by atoms with E-state index < -0.39 is 12.1 Å². The largest absolute Gasteiger partial charge is 0.394 e. The average molecular weight is 436 g/mol. The highest BCUT2D eigenvalue weighted by atomic mass is 16.3. The molecule has 0 aromatic carbocycles. The third kappa shape index (κ3) is 21.6. The number of aliphatic hydroxyl groups is 2. The van der Waals surface area contributed by atoms with Crippen LogP contribution in [0.15, 0.2) is 36.5 Å². The van der Waals surface area contributed by atoms with Crippen molar-refractivity contribution in [1.29, 1.82) is 0 Å². The number of carbonyl (C=O) groups excluding carboxylic acids is 1. The first kappa shape index (κ1) is 29.6. The molecule has 0 saturated carbocycles. The zero-order valence-corrected chi connectivity index (χ0v) is 20.2. The van der Waals surface area contributed by atoms with Crippen LogP contribution in [0.2, 0.25) is 0 Å². The minimum atomic E-state index is -0.862. The van der Waals surface area contributed by atoms with E-state index in [0.717, 1.165) is 25.7 Å². The van der Waals surface area contributed by atoms with E-state index in [-0.39, 0.29) is 12.5 Å². The second-order valence-corrected chi connectivity index (χ2v) is 8.48. The fourth-order valence-corrected chi connectivity index (χ4v) is 3.48. The third-order valence-corrected chi connectivity index (χ3v) is 5.39. The van der Waals surface area contributed by atoms with Gasteiger partial charge in [-0.2, -0.15) is 0 Å². The number of hydrogen-bond donors (Lipinski definition) is 3. The third-order valence-electron chi connectivity index (χ3n) is 5.39. The van der Waals surface area contributed by atoms with Gasteiger partial charge in [-0.3, -0.25) is 4.79 Å². The highest BCUT2D eigenvalue weighted by Gasteiger charge is 2.15. The molecule has 0 aliphatic rings. The molecule has 1 amide bonds. The topological polar surface area (TPSA) is 69.6 Å². The molecule has 0 saturated heterocycles. The number of hydrogen-bond acceptors (Lipinski definition) is 3. The van der Waals surface area contributed by atoms with Gasteiger partial charge < -0.3 is 15.5 Å². The van der Waals surface area contributed by atoms with Gasteiger partial charge in [0.05, 0.1) is 18.8 Å². The van der Waals surface area contributed by atoms with Gasteiger partial charge in [0.25, 0.3) is 0 Å². The molecule has 31 heavy (non-hydrogen) atoms. The number of rotatable bonds is 21. The first-order valence-electron chi connectivity index (χ1n) is 12.6. The smallest absolute Gasteiger partial charge is 0.217 e. The Morgan fingerprint density at radius 1 is 0.742 bits per heavy atom. The van der Waals surface area contributed by atoms with Gasteiger partial charge in [-0.05, 0) is 38.5 Å². The van der Waals surface area contributed by atoms with Crippen LogP contribution in [0.1, 0.15) is 110 Å². The lowest BCUT2D eigenvalue weighted by Gasteiger charge is -2.18. The minimum absolute atomic E-state index is 0.257. The minimum Gasteiger partial charge on any atom is -0.394 e. The standard InChI is InChI=1S/C27H49NO3/c1-3-4-5-6-7-8-9-10-11-12-13-14-15-16-17-18-19-20-21-22-23-27(31)26(24-29)28-25(2)30/h14-15,18-19,22-23,26-27,29,31H,3-13,16-17,20-21,24H2,1-2H3,(H,28,30)/b15-14+,19-18+,23-22+. The van der Waals surface area contributed by atoms with E-state index >= 15 is 0 Å². The maximum atomic E-state index is 11.0. The van der Waals surface area contributed by atoms with Gasteiger partial charge in [0.2, 0.25) is 5.91 Å². The molecular formula is C27H49NO3. The van der Waals surface area contributed by atoms with Crippen LogP contribution >= 0.6 is 0 Å². The zero-order chi connectivity index (χ0) is 23.0. The van der Waals surface area contributed by atoms with E-state index in [1.165, 1.54) is 77.6 Å². The van der Waals surface area contributed by atoms with E-state index in [1.807, 2.05) is 6.08 Å². The van der Waals surface area contributed by atoms with Crippen molar-refractivity contribution < 1.29 is 15.0 Å². The van der Waals surface area contributed by atoms with E-state index in [0.29, 0.717) is 0 Å². The summed E-state index contributed by atoms with van der Waals surface area (Å²) in [6.45, 7) is 3.36. The van der Waals surface area contributed by atoms with Gasteiger partial charge >= 0.3 is 0 Å². The van der Waals surface area contributed by atoms with Gasteiger partial charge in [-0.1, -0.05) is 101 Å². The molecule has 0 fully saturated rings. The Bertz CT molecular complexity index is 485. The predicted octanol–water partition coefficient (Wildman–Crippen LogP) is 6.38. The SMILES string of the molecule is CCCCCCCCCCCC/C=C/CC/C=C/CC/C=C/C(O)C(CO)NC(C)=O. The number of aliphatic hydroxyl groups excluding tert-OH is 2. The molecule has 2 unspecified atom stereocenters. The summed E-state index contributed by atoms with van der Waals surface area (Å²) in [6, 6.07) is -0.642. The van der Waals surface area contributed by atoms with Gasteiger partial charge in [0.1, 0.15) is 0 Å². The van der Waals surface area contributed by atoms with Crippen molar-refractivity contribution in [2.24, 2.45) is 0 Å². The zero-order valence-electron chi connectivity index (χ0n) is 20.2. The van der Waals surface area contributed by atoms with E-state index in [2.05, 4.69) is 36.5 Å². The molecule has 0 rings (SSSR count). The van der Waals surface area contributed by atoms with Gasteiger partial charge in [0, 0.05) is 6.92 Å². The fourth-order valence-electron chi connectivity index (χ4n) is 3.48. The number of nitrogens with one attached hydrogen (secondary N) is 1. The van der Waals surface area contributed by atoms with Crippen molar-refractivity contribution in [2.75, 3.05) is 6.61 Å². The average Bonchev–Trinajstić information content (AvgIpc) is 2.75. The predicted molar refractivity (Wildman–Crippen MR) is 133 cm³/mol. The summed E-state index contributed by atoms with van der Waals surface area (Å²) < 4.78 is 0. The molecule has 4 nitrogen and oxygen atoms in total. The fraction of sp³-hybridized carbons (Fsp3) is 0.741. The summed E-state index contributed by atoms with van der Waals surface area (Å²) in [4.78, 5) is 11.0. The Morgan fingerprint density at radius 3 is 1.68 bits per heavy atom. The van der Waals surface area contributed by atoms with Gasteiger partial charge in [-0.25, -0.2) is 0 Å². The Balaban J connectivity index is 3.50. The van der Waals surface area contributed by atoms with Crippen LogP contribution in [0.4, 0.5) is 0 Å². The van der Waals surface area contributed by atoms with Crippen LogP contribution in [0.25, 0.3) is 0 Å². The molecule has 4 heteroatoms. The molecule has 2 atom stereocenters. The highest BCUT2D eigenvalue weighted by molar-refractivity contribution is 5.73. The first-order chi connectivity index (χ1) is 15.1. The molecule has 180 valence electrons. The molecule has 0 aromatic rings. The van der Waals surface area contributed by atoms with E-state index in [1.54, 1.807) is 6.08 Å². The van der Waals surface area contributed by atoms with E-state index in [4.69, 9.17) is 0 Å². The summed E-state index contributed by atoms with van der Waals surface area (Å²) in [7, 11) is 0. The number of carbonyl (C=O) groups is 1. The van der Waals surface area contributed by atoms with Crippen molar-refractivity contribution >= 4 is 5.91 Å². The van der Waals surface area contributed by atoms with Crippen LogP contribution in [0, 0.1) is 0 Å². The molecule has 0 heterocycles. The highest BCUT2D eigenvalue weighted by Crippen LogP contribution is 2.11. The summed E-state index contributed by atoms with van der Waals surface area (Å²) in [5.74, 6) is -0.257. The number of unbranched alkanes of at least 4 members (excludes halogenated alkanes) is 12. The molecular weight excluding hydrogens is 386 g/mol. The molecule has 0 aromatic heterocycles. The van der Waals surface area contributed by atoms with Crippen LogP contribution in [0.5, 0.6) is 0 Å². The van der Waals surface area contributed by atoms with Crippen LogP contribution in [-0.2, 0) is 4.79 Å². The van der Waals surface area contributed by atoms with Crippen molar-refractivity contribution in [2.45, 2.75) is 122 Å². The van der Waals surface area contributed by atoms with Crippen LogP contribution < -0.4 is 5.32 Å².